The fourth-order valence-electron chi connectivity index (χ4n) is 2.39. The highest BCUT2D eigenvalue weighted by molar-refractivity contribution is 6.44. The van der Waals surface area contributed by atoms with Crippen molar-refractivity contribution in [2.75, 3.05) is 6.54 Å². The summed E-state index contributed by atoms with van der Waals surface area (Å²) in [6.45, 7) is 3.63. The Bertz CT molecular complexity index is 831. The van der Waals surface area contributed by atoms with Crippen LogP contribution in [-0.2, 0) is 16.1 Å². The van der Waals surface area contributed by atoms with E-state index in [1.807, 2.05) is 13.8 Å². The van der Waals surface area contributed by atoms with Gasteiger partial charge in [0.25, 0.3) is 0 Å². The molecule has 0 bridgehead atoms. The third-order valence-corrected chi connectivity index (χ3v) is 3.80. The Morgan fingerprint density at radius 3 is 2.36 bits per heavy atom. The summed E-state index contributed by atoms with van der Waals surface area (Å²) in [5.41, 5.74) is 0.677. The molecule has 0 unspecified atom stereocenters. The van der Waals surface area contributed by atoms with E-state index in [9.17, 15) is 14.4 Å². The second-order valence-corrected chi connectivity index (χ2v) is 6.44. The van der Waals surface area contributed by atoms with Crippen molar-refractivity contribution in [3.05, 3.63) is 35.2 Å². The van der Waals surface area contributed by atoms with Crippen LogP contribution in [0, 0.1) is 5.92 Å². The Morgan fingerprint density at radius 2 is 1.72 bits per heavy atom. The van der Waals surface area contributed by atoms with Gasteiger partial charge in [-0.2, -0.15) is 4.98 Å². The number of nitrogens with zero attached hydrogens (tertiary/aromatic N) is 4. The van der Waals surface area contributed by atoms with Crippen molar-refractivity contribution in [3.63, 3.8) is 0 Å². The summed E-state index contributed by atoms with van der Waals surface area (Å²) in [6.07, 6.45) is 0. The standard InChI is InChI=1S/C16H15ClN4O4/c1-9(2)7-20-14(22)15(23)21(16(20)24)8-12-18-13(19-25-12)10-3-5-11(17)6-4-10/h3-6,9H,7-8H2,1-2H3. The average Bonchev–Trinajstić information content (AvgIpc) is 3.11. The molecule has 2 aromatic rings. The van der Waals surface area contributed by atoms with E-state index < -0.39 is 17.8 Å². The van der Waals surface area contributed by atoms with Crippen molar-refractivity contribution >= 4 is 29.4 Å². The van der Waals surface area contributed by atoms with Crippen LogP contribution in [0.5, 0.6) is 0 Å². The van der Waals surface area contributed by atoms with Gasteiger partial charge < -0.3 is 4.52 Å². The van der Waals surface area contributed by atoms with Gasteiger partial charge in [0.1, 0.15) is 6.54 Å². The predicted molar refractivity (Wildman–Crippen MR) is 87.2 cm³/mol. The quantitative estimate of drug-likeness (QED) is 0.598. The van der Waals surface area contributed by atoms with Crippen LogP contribution in [0.4, 0.5) is 4.79 Å². The first kappa shape index (κ1) is 17.1. The molecule has 4 amide bonds. The summed E-state index contributed by atoms with van der Waals surface area (Å²) in [6, 6.07) is 6.13. The fraction of sp³-hybridized carbons (Fsp3) is 0.312. The van der Waals surface area contributed by atoms with Crippen LogP contribution in [0.15, 0.2) is 28.8 Å². The van der Waals surface area contributed by atoms with Crippen molar-refractivity contribution in [3.8, 4) is 11.4 Å². The molecule has 0 spiro atoms. The number of hydrogen-bond acceptors (Lipinski definition) is 6. The van der Waals surface area contributed by atoms with Crippen LogP contribution in [0.1, 0.15) is 19.7 Å². The third kappa shape index (κ3) is 3.39. The van der Waals surface area contributed by atoms with Gasteiger partial charge >= 0.3 is 17.8 Å². The maximum atomic E-state index is 12.3. The number of rotatable bonds is 5. The maximum absolute atomic E-state index is 12.3. The molecule has 25 heavy (non-hydrogen) atoms. The van der Waals surface area contributed by atoms with Crippen LogP contribution in [-0.4, -0.2) is 44.3 Å². The average molecular weight is 363 g/mol. The minimum absolute atomic E-state index is 0.0561. The molecule has 8 nitrogen and oxygen atoms in total. The van der Waals surface area contributed by atoms with E-state index in [4.69, 9.17) is 16.1 Å². The van der Waals surface area contributed by atoms with Gasteiger partial charge in [-0.05, 0) is 30.2 Å². The number of benzene rings is 1. The molecule has 1 aliphatic rings. The van der Waals surface area contributed by atoms with Crippen molar-refractivity contribution in [1.82, 2.24) is 19.9 Å². The monoisotopic (exact) mass is 362 g/mol. The molecule has 3 rings (SSSR count). The summed E-state index contributed by atoms with van der Waals surface area (Å²) in [4.78, 5) is 42.2. The molecule has 0 aliphatic carbocycles. The van der Waals surface area contributed by atoms with E-state index in [0.717, 1.165) is 9.80 Å². The van der Waals surface area contributed by atoms with E-state index in [2.05, 4.69) is 10.1 Å². The lowest BCUT2D eigenvalue weighted by molar-refractivity contribution is -0.143. The lowest BCUT2D eigenvalue weighted by Gasteiger charge is -2.15. The number of amides is 4. The first-order valence-corrected chi connectivity index (χ1v) is 8.00. The van der Waals surface area contributed by atoms with E-state index in [1.54, 1.807) is 24.3 Å². The Kier molecular flexibility index (Phi) is 4.54. The second-order valence-electron chi connectivity index (χ2n) is 6.00. The predicted octanol–water partition coefficient (Wildman–Crippen LogP) is 2.34. The van der Waals surface area contributed by atoms with E-state index in [0.29, 0.717) is 16.4 Å². The SMILES string of the molecule is CC(C)CN1C(=O)C(=O)N(Cc2nc(-c3ccc(Cl)cc3)no2)C1=O. The van der Waals surface area contributed by atoms with Crippen LogP contribution in [0.2, 0.25) is 5.02 Å². The lowest BCUT2D eigenvalue weighted by Crippen LogP contribution is -2.35. The van der Waals surface area contributed by atoms with Gasteiger partial charge in [0.05, 0.1) is 0 Å². The Hall–Kier alpha value is -2.74. The minimum atomic E-state index is -0.892. The zero-order chi connectivity index (χ0) is 18.1. The second kappa shape index (κ2) is 6.64. The Morgan fingerprint density at radius 1 is 1.08 bits per heavy atom. The molecule has 1 aromatic carbocycles. The number of imide groups is 2. The van der Waals surface area contributed by atoms with Crippen LogP contribution in [0.25, 0.3) is 11.4 Å². The van der Waals surface area contributed by atoms with Crippen molar-refractivity contribution in [2.45, 2.75) is 20.4 Å². The summed E-state index contributed by atoms with van der Waals surface area (Å²) in [5, 5.41) is 4.39. The van der Waals surface area contributed by atoms with Gasteiger partial charge in [-0.25, -0.2) is 9.69 Å². The highest BCUT2D eigenvalue weighted by Gasteiger charge is 2.45. The molecular formula is C16H15ClN4O4. The van der Waals surface area contributed by atoms with Crippen LogP contribution in [0.3, 0.4) is 0 Å². The highest BCUT2D eigenvalue weighted by atomic mass is 35.5. The van der Waals surface area contributed by atoms with Crippen molar-refractivity contribution in [2.24, 2.45) is 5.92 Å². The first-order chi connectivity index (χ1) is 11.9. The van der Waals surface area contributed by atoms with Crippen LogP contribution < -0.4 is 0 Å². The number of urea groups is 1. The third-order valence-electron chi connectivity index (χ3n) is 3.55. The molecule has 130 valence electrons. The fourth-order valence-corrected chi connectivity index (χ4v) is 2.51. The Labute approximate surface area is 148 Å². The molecule has 0 saturated carbocycles. The smallest absolute Gasteiger partial charge is 0.334 e. The number of halogens is 1. The van der Waals surface area contributed by atoms with Gasteiger partial charge in [0.2, 0.25) is 11.7 Å². The van der Waals surface area contributed by atoms with Crippen molar-refractivity contribution in [1.29, 1.82) is 0 Å². The van der Waals surface area contributed by atoms with Gasteiger partial charge in [-0.15, -0.1) is 0 Å². The van der Waals surface area contributed by atoms with Gasteiger partial charge in [-0.1, -0.05) is 30.6 Å². The van der Waals surface area contributed by atoms with Gasteiger partial charge in [0, 0.05) is 17.1 Å². The summed E-state index contributed by atoms with van der Waals surface area (Å²) in [7, 11) is 0. The molecule has 0 N–H and O–H groups in total. The Balaban J connectivity index is 1.76. The largest absolute Gasteiger partial charge is 0.337 e. The lowest BCUT2D eigenvalue weighted by atomic mass is 10.2. The van der Waals surface area contributed by atoms with Gasteiger partial charge in [0.15, 0.2) is 0 Å². The zero-order valence-electron chi connectivity index (χ0n) is 13.6. The minimum Gasteiger partial charge on any atom is -0.337 e. The maximum Gasteiger partial charge on any atom is 0.334 e. The van der Waals surface area contributed by atoms with E-state index in [1.165, 1.54) is 0 Å². The van der Waals surface area contributed by atoms with E-state index in [-0.39, 0.29) is 24.9 Å². The molecule has 1 fully saturated rings. The summed E-state index contributed by atoms with van der Waals surface area (Å²) < 4.78 is 5.09. The molecule has 9 heteroatoms. The normalized spacial score (nSPS) is 15.0. The first-order valence-electron chi connectivity index (χ1n) is 7.62. The topological polar surface area (TPSA) is 96.6 Å². The van der Waals surface area contributed by atoms with Gasteiger partial charge in [-0.3, -0.25) is 14.5 Å². The molecule has 1 aliphatic heterocycles. The molecule has 1 aromatic heterocycles. The highest BCUT2D eigenvalue weighted by Crippen LogP contribution is 2.21. The van der Waals surface area contributed by atoms with Crippen molar-refractivity contribution < 1.29 is 18.9 Å². The molecule has 1 saturated heterocycles. The number of aromatic nitrogens is 2. The molecular weight excluding hydrogens is 348 g/mol. The van der Waals surface area contributed by atoms with Crippen LogP contribution >= 0.6 is 11.6 Å². The number of carbonyl (C=O) groups is 3. The van der Waals surface area contributed by atoms with E-state index >= 15 is 0 Å². The zero-order valence-corrected chi connectivity index (χ0v) is 14.4. The number of carbonyl (C=O) groups excluding carboxylic acids is 3. The molecule has 0 radical (unpaired) electrons. The number of hydrogen-bond donors (Lipinski definition) is 0. The molecule has 2 heterocycles. The summed E-state index contributed by atoms with van der Waals surface area (Å²) >= 11 is 5.83. The molecule has 0 atom stereocenters. The summed E-state index contributed by atoms with van der Waals surface area (Å²) in [5.74, 6) is -1.31.